The van der Waals surface area contributed by atoms with E-state index in [-0.39, 0.29) is 0 Å². The van der Waals surface area contributed by atoms with Crippen LogP contribution < -0.4 is 0 Å². The van der Waals surface area contributed by atoms with Gasteiger partial charge in [-0.2, -0.15) is 0 Å². The molecule has 0 aromatic rings. The Balaban J connectivity index is 2.70. The normalized spacial score (nSPS) is 23.5. The summed E-state index contributed by atoms with van der Waals surface area (Å²) in [6.45, 7) is 10.4. The molecule has 0 saturated carbocycles. The number of hydrogen-bond donors (Lipinski definition) is 0. The maximum absolute atomic E-state index is 5.78. The van der Waals surface area contributed by atoms with Crippen molar-refractivity contribution in [2.24, 2.45) is 0 Å². The molecule has 2 nitrogen and oxygen atoms in total. The third kappa shape index (κ3) is 1.50. The molecular formula is C8H18O2Si. The van der Waals surface area contributed by atoms with Crippen molar-refractivity contribution in [2.45, 2.75) is 38.8 Å². The minimum atomic E-state index is -1.79. The monoisotopic (exact) mass is 174 g/mol. The molecule has 0 N–H and O–H groups in total. The highest BCUT2D eigenvalue weighted by Crippen LogP contribution is 2.36. The van der Waals surface area contributed by atoms with Crippen molar-refractivity contribution in [2.75, 3.05) is 13.2 Å². The number of hydrogen-bond acceptors (Lipinski definition) is 2. The molecule has 0 atom stereocenters. The minimum Gasteiger partial charge on any atom is -0.392 e. The molecule has 0 amide bonds. The van der Waals surface area contributed by atoms with E-state index in [1.54, 1.807) is 0 Å². The Bertz CT molecular complexity index is 118. The SMILES string of the molecule is CC(C)[Si]1(C(C)C)OCCO1. The molecule has 0 spiro atoms. The van der Waals surface area contributed by atoms with Gasteiger partial charge in [-0.05, 0) is 11.1 Å². The summed E-state index contributed by atoms with van der Waals surface area (Å²) in [5, 5.41) is 0. The molecule has 1 fully saturated rings. The molecule has 3 heteroatoms. The van der Waals surface area contributed by atoms with Crippen LogP contribution in [0.4, 0.5) is 0 Å². The van der Waals surface area contributed by atoms with Crippen molar-refractivity contribution in [1.82, 2.24) is 0 Å². The lowest BCUT2D eigenvalue weighted by molar-refractivity contribution is 0.307. The van der Waals surface area contributed by atoms with Crippen molar-refractivity contribution in [3.05, 3.63) is 0 Å². The fourth-order valence-electron chi connectivity index (χ4n) is 1.78. The lowest BCUT2D eigenvalue weighted by Crippen LogP contribution is -2.43. The maximum Gasteiger partial charge on any atom is 0.343 e. The van der Waals surface area contributed by atoms with E-state index in [9.17, 15) is 0 Å². The number of rotatable bonds is 2. The van der Waals surface area contributed by atoms with Gasteiger partial charge in [0.25, 0.3) is 0 Å². The second kappa shape index (κ2) is 3.25. The topological polar surface area (TPSA) is 18.5 Å². The molecular weight excluding hydrogens is 156 g/mol. The Labute approximate surface area is 70.1 Å². The van der Waals surface area contributed by atoms with Crippen LogP contribution in [0.25, 0.3) is 0 Å². The van der Waals surface area contributed by atoms with E-state index in [1.165, 1.54) is 0 Å². The van der Waals surface area contributed by atoms with Crippen molar-refractivity contribution < 1.29 is 8.85 Å². The van der Waals surface area contributed by atoms with Gasteiger partial charge >= 0.3 is 8.56 Å². The zero-order chi connectivity index (χ0) is 8.48. The van der Waals surface area contributed by atoms with Crippen LogP contribution in [0.15, 0.2) is 0 Å². The van der Waals surface area contributed by atoms with Crippen molar-refractivity contribution in [3.63, 3.8) is 0 Å². The maximum atomic E-state index is 5.78. The van der Waals surface area contributed by atoms with Crippen LogP contribution in [-0.4, -0.2) is 21.8 Å². The lowest BCUT2D eigenvalue weighted by atomic mass is 10.5. The molecule has 11 heavy (non-hydrogen) atoms. The standard InChI is InChI=1S/C8H18O2Si/c1-7(2)11(8(3)4)9-5-6-10-11/h7-8H,5-6H2,1-4H3. The summed E-state index contributed by atoms with van der Waals surface area (Å²) in [6, 6.07) is 0. The van der Waals surface area contributed by atoms with Crippen molar-refractivity contribution >= 4 is 8.56 Å². The molecule has 0 bridgehead atoms. The predicted molar refractivity (Wildman–Crippen MR) is 47.9 cm³/mol. The smallest absolute Gasteiger partial charge is 0.343 e. The highest BCUT2D eigenvalue weighted by Gasteiger charge is 2.47. The van der Waals surface area contributed by atoms with Gasteiger partial charge in [0.2, 0.25) is 0 Å². The van der Waals surface area contributed by atoms with Gasteiger partial charge in [-0.15, -0.1) is 0 Å². The van der Waals surface area contributed by atoms with Crippen LogP contribution in [0.5, 0.6) is 0 Å². The van der Waals surface area contributed by atoms with Gasteiger partial charge < -0.3 is 8.85 Å². The summed E-state index contributed by atoms with van der Waals surface area (Å²) in [6.07, 6.45) is 0. The first kappa shape index (κ1) is 9.23. The third-order valence-corrected chi connectivity index (χ3v) is 6.88. The van der Waals surface area contributed by atoms with Crippen LogP contribution in [0, 0.1) is 0 Å². The molecule has 1 rings (SSSR count). The second-order valence-corrected chi connectivity index (χ2v) is 8.06. The fraction of sp³-hybridized carbons (Fsp3) is 1.00. The molecule has 1 heterocycles. The zero-order valence-electron chi connectivity index (χ0n) is 7.89. The first-order valence-electron chi connectivity index (χ1n) is 4.37. The fourth-order valence-corrected chi connectivity index (χ4v) is 5.33. The summed E-state index contributed by atoms with van der Waals surface area (Å²) in [5.41, 5.74) is 1.15. The lowest BCUT2D eigenvalue weighted by Gasteiger charge is -2.31. The van der Waals surface area contributed by atoms with E-state index in [4.69, 9.17) is 8.85 Å². The summed E-state index contributed by atoms with van der Waals surface area (Å²) in [4.78, 5) is 0. The molecule has 1 saturated heterocycles. The van der Waals surface area contributed by atoms with Gasteiger partial charge in [-0.3, -0.25) is 0 Å². The highest BCUT2D eigenvalue weighted by atomic mass is 28.4. The van der Waals surface area contributed by atoms with Gasteiger partial charge in [0, 0.05) is 0 Å². The molecule has 0 aliphatic carbocycles. The van der Waals surface area contributed by atoms with E-state index in [0.29, 0.717) is 11.1 Å². The molecule has 0 unspecified atom stereocenters. The zero-order valence-corrected chi connectivity index (χ0v) is 8.89. The summed E-state index contributed by atoms with van der Waals surface area (Å²) >= 11 is 0. The largest absolute Gasteiger partial charge is 0.392 e. The Morgan fingerprint density at radius 2 is 1.27 bits per heavy atom. The van der Waals surface area contributed by atoms with Gasteiger partial charge in [-0.1, -0.05) is 27.7 Å². The van der Waals surface area contributed by atoms with Crippen LogP contribution in [0.1, 0.15) is 27.7 Å². The predicted octanol–water partition coefficient (Wildman–Crippen LogP) is 2.30. The molecule has 0 aromatic carbocycles. The van der Waals surface area contributed by atoms with Gasteiger partial charge in [-0.25, -0.2) is 0 Å². The van der Waals surface area contributed by atoms with Gasteiger partial charge in [0.1, 0.15) is 0 Å². The molecule has 1 aliphatic rings. The van der Waals surface area contributed by atoms with E-state index in [0.717, 1.165) is 13.2 Å². The second-order valence-electron chi connectivity index (χ2n) is 3.73. The average Bonchev–Trinajstić information content (AvgIpc) is 2.34. The highest BCUT2D eigenvalue weighted by molar-refractivity contribution is 6.70. The van der Waals surface area contributed by atoms with Crippen molar-refractivity contribution in [3.8, 4) is 0 Å². The Kier molecular flexibility index (Phi) is 2.73. The summed E-state index contributed by atoms with van der Waals surface area (Å²) in [7, 11) is -1.79. The first-order valence-corrected chi connectivity index (χ1v) is 6.34. The third-order valence-electron chi connectivity index (χ3n) is 2.35. The van der Waals surface area contributed by atoms with E-state index < -0.39 is 8.56 Å². The minimum absolute atomic E-state index is 0.574. The van der Waals surface area contributed by atoms with E-state index >= 15 is 0 Å². The van der Waals surface area contributed by atoms with Crippen LogP contribution in [0.2, 0.25) is 11.1 Å². The summed E-state index contributed by atoms with van der Waals surface area (Å²) in [5.74, 6) is 0. The first-order chi connectivity index (χ1) is 5.09. The van der Waals surface area contributed by atoms with E-state index in [2.05, 4.69) is 27.7 Å². The van der Waals surface area contributed by atoms with E-state index in [1.807, 2.05) is 0 Å². The molecule has 1 aliphatic heterocycles. The van der Waals surface area contributed by atoms with Gasteiger partial charge in [0.15, 0.2) is 0 Å². The van der Waals surface area contributed by atoms with Crippen molar-refractivity contribution in [1.29, 1.82) is 0 Å². The molecule has 0 aromatic heterocycles. The average molecular weight is 174 g/mol. The summed E-state index contributed by atoms with van der Waals surface area (Å²) < 4.78 is 11.6. The molecule has 66 valence electrons. The quantitative estimate of drug-likeness (QED) is 0.598. The Morgan fingerprint density at radius 3 is 1.45 bits per heavy atom. The van der Waals surface area contributed by atoms with Crippen LogP contribution in [-0.2, 0) is 8.85 Å². The Morgan fingerprint density at radius 1 is 0.909 bits per heavy atom. The van der Waals surface area contributed by atoms with Crippen LogP contribution in [0.3, 0.4) is 0 Å². The van der Waals surface area contributed by atoms with Crippen LogP contribution >= 0.6 is 0 Å². The Hall–Kier alpha value is 0.137. The van der Waals surface area contributed by atoms with Gasteiger partial charge in [0.05, 0.1) is 13.2 Å². The molecule has 0 radical (unpaired) electrons.